The summed E-state index contributed by atoms with van der Waals surface area (Å²) in [4.78, 5) is 12.3. The Hall–Kier alpha value is -1.72. The number of nitrogens with zero attached hydrogens (tertiary/aromatic N) is 3. The van der Waals surface area contributed by atoms with Crippen molar-refractivity contribution in [1.82, 2.24) is 10.2 Å². The van der Waals surface area contributed by atoms with Crippen molar-refractivity contribution < 1.29 is 0 Å². The van der Waals surface area contributed by atoms with Crippen molar-refractivity contribution in [2.24, 2.45) is 9.98 Å². The molecule has 0 aromatic heterocycles. The number of halogens is 1. The molecular weight excluding hydrogens is 352 g/mol. The Bertz CT molecular complexity index is 857. The molecule has 4 rings (SSSR count). The third kappa shape index (κ3) is 2.91. The molecule has 0 bridgehead atoms. The van der Waals surface area contributed by atoms with Crippen LogP contribution in [0.4, 0.5) is 0 Å². The molecule has 23 heavy (non-hydrogen) atoms. The van der Waals surface area contributed by atoms with Gasteiger partial charge in [0.2, 0.25) is 0 Å². The van der Waals surface area contributed by atoms with Gasteiger partial charge < -0.3 is 10.2 Å². The van der Waals surface area contributed by atoms with E-state index in [2.05, 4.69) is 51.3 Å². The third-order valence-corrected chi connectivity index (χ3v) is 4.84. The molecule has 2 heterocycles. The molecule has 3 aliphatic rings. The molecule has 1 fully saturated rings. The summed E-state index contributed by atoms with van der Waals surface area (Å²) < 4.78 is 1.03. The van der Waals surface area contributed by atoms with Crippen LogP contribution in [0.1, 0.15) is 13.3 Å². The van der Waals surface area contributed by atoms with Gasteiger partial charge in [0.15, 0.2) is 0 Å². The van der Waals surface area contributed by atoms with Crippen molar-refractivity contribution in [2.75, 3.05) is 26.2 Å². The maximum atomic E-state index is 5.01. The molecule has 1 aromatic carbocycles. The van der Waals surface area contributed by atoms with Crippen LogP contribution in [-0.4, -0.2) is 31.1 Å². The first kappa shape index (κ1) is 14.8. The van der Waals surface area contributed by atoms with E-state index in [4.69, 9.17) is 9.98 Å². The highest BCUT2D eigenvalue weighted by atomic mass is 79.9. The lowest BCUT2D eigenvalue weighted by Crippen LogP contribution is -2.43. The Morgan fingerprint density at radius 2 is 1.96 bits per heavy atom. The first-order valence-corrected chi connectivity index (χ1v) is 8.81. The maximum absolute atomic E-state index is 5.01. The molecule has 0 saturated carbocycles. The van der Waals surface area contributed by atoms with Crippen LogP contribution in [0, 0.1) is 0 Å². The quantitative estimate of drug-likeness (QED) is 0.821. The van der Waals surface area contributed by atoms with Crippen molar-refractivity contribution in [3.8, 4) is 0 Å². The van der Waals surface area contributed by atoms with Gasteiger partial charge in [-0.25, -0.2) is 9.98 Å². The van der Waals surface area contributed by atoms with Gasteiger partial charge in [0.05, 0.1) is 16.4 Å². The van der Waals surface area contributed by atoms with Crippen molar-refractivity contribution in [1.29, 1.82) is 0 Å². The zero-order chi connectivity index (χ0) is 15.8. The van der Waals surface area contributed by atoms with Gasteiger partial charge in [-0.3, -0.25) is 0 Å². The monoisotopic (exact) mass is 370 g/mol. The van der Waals surface area contributed by atoms with Crippen LogP contribution in [-0.2, 0) is 0 Å². The zero-order valence-corrected chi connectivity index (χ0v) is 14.7. The predicted molar refractivity (Wildman–Crippen MR) is 94.4 cm³/mol. The number of piperazine rings is 1. The number of fused-ring (bicyclic) bond motifs is 2. The van der Waals surface area contributed by atoms with Crippen molar-refractivity contribution >= 4 is 15.9 Å². The Morgan fingerprint density at radius 1 is 1.13 bits per heavy atom. The van der Waals surface area contributed by atoms with Crippen molar-refractivity contribution in [3.05, 3.63) is 68.2 Å². The molecule has 5 heteroatoms. The number of nitrogens with one attached hydrogen (secondary N) is 1. The van der Waals surface area contributed by atoms with Gasteiger partial charge in [-0.2, -0.15) is 0 Å². The second-order valence-corrected chi connectivity index (χ2v) is 7.03. The van der Waals surface area contributed by atoms with Crippen LogP contribution in [0.3, 0.4) is 0 Å². The lowest BCUT2D eigenvalue weighted by molar-refractivity contribution is 0.294. The van der Waals surface area contributed by atoms with Gasteiger partial charge in [-0.15, -0.1) is 0 Å². The third-order valence-electron chi connectivity index (χ3n) is 4.35. The lowest BCUT2D eigenvalue weighted by Gasteiger charge is -2.31. The molecule has 118 valence electrons. The smallest absolute Gasteiger partial charge is 0.138 e. The average molecular weight is 371 g/mol. The van der Waals surface area contributed by atoms with Gasteiger partial charge in [-0.1, -0.05) is 27.6 Å². The van der Waals surface area contributed by atoms with E-state index in [1.165, 1.54) is 5.57 Å². The fraction of sp³-hybridized carbons (Fsp3) is 0.333. The van der Waals surface area contributed by atoms with Crippen LogP contribution in [0.15, 0.2) is 67.5 Å². The van der Waals surface area contributed by atoms with Gasteiger partial charge in [0.1, 0.15) is 5.82 Å². The molecule has 1 saturated heterocycles. The molecule has 1 aliphatic carbocycles. The summed E-state index contributed by atoms with van der Waals surface area (Å²) in [6.07, 6.45) is 5.43. The topological polar surface area (TPSA) is 40.0 Å². The SMILES string of the molecule is CC1=CC2=C(N3CCNCC3)N=c3cc(Br)ccc3=NC2=CC1. The molecule has 0 amide bonds. The van der Waals surface area contributed by atoms with E-state index < -0.39 is 0 Å². The molecule has 0 unspecified atom stereocenters. The summed E-state index contributed by atoms with van der Waals surface area (Å²) in [5.74, 6) is 1.05. The van der Waals surface area contributed by atoms with Crippen molar-refractivity contribution in [3.63, 3.8) is 0 Å². The summed E-state index contributed by atoms with van der Waals surface area (Å²) in [6.45, 7) is 6.12. The highest BCUT2D eigenvalue weighted by Gasteiger charge is 2.21. The summed E-state index contributed by atoms with van der Waals surface area (Å²) in [5, 5.41) is 5.28. The first-order chi connectivity index (χ1) is 11.2. The van der Waals surface area contributed by atoms with Gasteiger partial charge in [-0.05, 0) is 37.6 Å². The van der Waals surface area contributed by atoms with Gasteiger partial charge >= 0.3 is 0 Å². The number of hydrogen-bond donors (Lipinski definition) is 1. The normalized spacial score (nSPS) is 20.5. The molecule has 0 atom stereocenters. The van der Waals surface area contributed by atoms with E-state index in [1.54, 1.807) is 0 Å². The van der Waals surface area contributed by atoms with Crippen LogP contribution < -0.4 is 16.0 Å². The fourth-order valence-corrected chi connectivity index (χ4v) is 3.48. The molecule has 2 aliphatic heterocycles. The van der Waals surface area contributed by atoms with E-state index in [1.807, 2.05) is 12.1 Å². The number of rotatable bonds is 1. The Morgan fingerprint density at radius 3 is 2.78 bits per heavy atom. The fourth-order valence-electron chi connectivity index (χ4n) is 3.13. The van der Waals surface area contributed by atoms with E-state index in [9.17, 15) is 0 Å². The van der Waals surface area contributed by atoms with Crippen LogP contribution in [0.2, 0.25) is 0 Å². The van der Waals surface area contributed by atoms with Crippen LogP contribution in [0.25, 0.3) is 0 Å². The number of allylic oxidation sites excluding steroid dienone is 3. The van der Waals surface area contributed by atoms with Gasteiger partial charge in [0.25, 0.3) is 0 Å². The second kappa shape index (κ2) is 6.06. The number of benzene rings is 1. The van der Waals surface area contributed by atoms with E-state index in [0.717, 1.165) is 64.9 Å². The molecule has 0 spiro atoms. The highest BCUT2D eigenvalue weighted by molar-refractivity contribution is 9.10. The molecular formula is C18H19BrN4. The largest absolute Gasteiger partial charge is 0.353 e. The second-order valence-electron chi connectivity index (χ2n) is 6.12. The zero-order valence-electron chi connectivity index (χ0n) is 13.1. The maximum Gasteiger partial charge on any atom is 0.138 e. The Labute approximate surface area is 144 Å². The summed E-state index contributed by atoms with van der Waals surface area (Å²) in [6, 6.07) is 6.11. The Kier molecular flexibility index (Phi) is 3.91. The standard InChI is InChI=1S/C18H19BrN4/c1-12-2-4-15-14(10-12)18(23-8-6-20-7-9-23)22-17-11-13(19)3-5-16(17)21-15/h3-5,10-11,20H,2,6-9H2,1H3. The first-order valence-electron chi connectivity index (χ1n) is 8.01. The van der Waals surface area contributed by atoms with Crippen LogP contribution in [0.5, 0.6) is 0 Å². The average Bonchev–Trinajstić information content (AvgIpc) is 2.72. The lowest BCUT2D eigenvalue weighted by atomic mass is 9.99. The molecule has 1 aromatic rings. The predicted octanol–water partition coefficient (Wildman–Crippen LogP) is 2.05. The minimum Gasteiger partial charge on any atom is -0.353 e. The molecule has 1 N–H and O–H groups in total. The van der Waals surface area contributed by atoms with Gasteiger partial charge in [0, 0.05) is 36.2 Å². The molecule has 4 nitrogen and oxygen atoms in total. The number of hydrogen-bond acceptors (Lipinski definition) is 4. The van der Waals surface area contributed by atoms with Crippen LogP contribution >= 0.6 is 15.9 Å². The summed E-state index contributed by atoms with van der Waals surface area (Å²) in [7, 11) is 0. The van der Waals surface area contributed by atoms with E-state index in [0.29, 0.717) is 0 Å². The highest BCUT2D eigenvalue weighted by Crippen LogP contribution is 2.29. The van der Waals surface area contributed by atoms with Crippen molar-refractivity contribution in [2.45, 2.75) is 13.3 Å². The minimum absolute atomic E-state index is 0.932. The van der Waals surface area contributed by atoms with E-state index in [-0.39, 0.29) is 0 Å². The van der Waals surface area contributed by atoms with E-state index >= 15 is 0 Å². The molecule has 0 radical (unpaired) electrons. The summed E-state index contributed by atoms with van der Waals surface area (Å²) >= 11 is 3.55. The minimum atomic E-state index is 0.932. The Balaban J connectivity index is 1.96. The summed E-state index contributed by atoms with van der Waals surface area (Å²) in [5.41, 5.74) is 3.56.